The van der Waals surface area contributed by atoms with Crippen molar-refractivity contribution in [3.05, 3.63) is 53.1 Å². The Balaban J connectivity index is 1.54. The van der Waals surface area contributed by atoms with Crippen LogP contribution in [0.2, 0.25) is 5.02 Å². The van der Waals surface area contributed by atoms with E-state index in [0.717, 1.165) is 25.2 Å². The lowest BCUT2D eigenvalue weighted by Crippen LogP contribution is -2.49. The molecule has 0 spiro atoms. The van der Waals surface area contributed by atoms with Crippen molar-refractivity contribution in [2.45, 2.75) is 33.6 Å². The summed E-state index contributed by atoms with van der Waals surface area (Å²) in [5, 5.41) is 6.46. The number of rotatable bonds is 8. The topological polar surface area (TPSA) is 73.9 Å². The Morgan fingerprint density at radius 2 is 1.86 bits per heavy atom. The monoisotopic (exact) mass is 516 g/mol. The van der Waals surface area contributed by atoms with E-state index in [4.69, 9.17) is 28.6 Å². The van der Waals surface area contributed by atoms with Crippen molar-refractivity contribution in [3.63, 3.8) is 0 Å². The van der Waals surface area contributed by atoms with Crippen LogP contribution in [0, 0.1) is 5.92 Å². The Morgan fingerprint density at radius 3 is 2.51 bits per heavy atom. The van der Waals surface area contributed by atoms with Gasteiger partial charge in [0, 0.05) is 43.9 Å². The zero-order valence-electron chi connectivity index (χ0n) is 20.5. The second-order valence-corrected chi connectivity index (χ2v) is 9.73. The summed E-state index contributed by atoms with van der Waals surface area (Å²) >= 11 is 11.9. The third kappa shape index (κ3) is 7.83. The zero-order chi connectivity index (χ0) is 25.4. The molecule has 7 nitrogen and oxygen atoms in total. The number of nitrogens with one attached hydrogen (secondary N) is 2. The van der Waals surface area contributed by atoms with Crippen LogP contribution in [0.5, 0.6) is 5.75 Å². The molecule has 0 bridgehead atoms. The SMILES string of the molecule is CCCOc1cccc(C(=O)NC(=S)Nc2ccc(N3CCN(C(=O)CC(C)C)CC3)c(Cl)c2)c1. The number of hydrogen-bond donors (Lipinski definition) is 2. The van der Waals surface area contributed by atoms with Crippen molar-refractivity contribution >= 4 is 52.1 Å². The number of benzene rings is 2. The average molecular weight is 517 g/mol. The molecule has 2 N–H and O–H groups in total. The molecule has 1 aliphatic rings. The van der Waals surface area contributed by atoms with Crippen molar-refractivity contribution in [2.75, 3.05) is 43.0 Å². The van der Waals surface area contributed by atoms with Crippen LogP contribution in [0.15, 0.2) is 42.5 Å². The van der Waals surface area contributed by atoms with Crippen LogP contribution in [-0.2, 0) is 4.79 Å². The first-order valence-corrected chi connectivity index (χ1v) is 12.7. The first-order valence-electron chi connectivity index (χ1n) is 11.9. The van der Waals surface area contributed by atoms with E-state index < -0.39 is 0 Å². The molecular weight excluding hydrogens is 484 g/mol. The first-order chi connectivity index (χ1) is 16.8. The van der Waals surface area contributed by atoms with Crippen molar-refractivity contribution < 1.29 is 14.3 Å². The molecular formula is C26H33ClN4O3S. The molecule has 2 aromatic carbocycles. The Morgan fingerprint density at radius 1 is 1.11 bits per heavy atom. The Hall–Kier alpha value is -2.84. The van der Waals surface area contributed by atoms with Crippen LogP contribution >= 0.6 is 23.8 Å². The Labute approximate surface area is 217 Å². The molecule has 0 saturated carbocycles. The normalized spacial score (nSPS) is 13.5. The summed E-state index contributed by atoms with van der Waals surface area (Å²) in [5.41, 5.74) is 2.05. The largest absolute Gasteiger partial charge is 0.494 e. The van der Waals surface area contributed by atoms with E-state index in [2.05, 4.69) is 29.4 Å². The highest BCUT2D eigenvalue weighted by Crippen LogP contribution is 2.30. The van der Waals surface area contributed by atoms with Gasteiger partial charge in [0.1, 0.15) is 5.75 Å². The minimum atomic E-state index is -0.322. The molecule has 0 radical (unpaired) electrons. The highest BCUT2D eigenvalue weighted by Gasteiger charge is 2.23. The number of halogens is 1. The summed E-state index contributed by atoms with van der Waals surface area (Å²) in [6, 6.07) is 12.6. The lowest BCUT2D eigenvalue weighted by atomic mass is 10.1. The lowest BCUT2D eigenvalue weighted by molar-refractivity contribution is -0.132. The summed E-state index contributed by atoms with van der Waals surface area (Å²) < 4.78 is 5.59. The number of thiocarbonyl (C=S) groups is 1. The van der Waals surface area contributed by atoms with E-state index in [0.29, 0.717) is 54.1 Å². The highest BCUT2D eigenvalue weighted by atomic mass is 35.5. The van der Waals surface area contributed by atoms with Crippen LogP contribution in [-0.4, -0.2) is 54.6 Å². The van der Waals surface area contributed by atoms with Gasteiger partial charge in [-0.2, -0.15) is 0 Å². The van der Waals surface area contributed by atoms with Gasteiger partial charge in [0.15, 0.2) is 5.11 Å². The van der Waals surface area contributed by atoms with Gasteiger partial charge < -0.3 is 19.9 Å². The molecule has 1 heterocycles. The second-order valence-electron chi connectivity index (χ2n) is 8.92. The molecule has 1 aliphatic heterocycles. The second kappa shape index (κ2) is 12.7. The summed E-state index contributed by atoms with van der Waals surface area (Å²) in [7, 11) is 0. The number of anilines is 2. The summed E-state index contributed by atoms with van der Waals surface area (Å²) in [6.45, 7) is 9.55. The number of ether oxygens (including phenoxy) is 1. The van der Waals surface area contributed by atoms with E-state index in [1.165, 1.54) is 0 Å². The number of amides is 2. The van der Waals surface area contributed by atoms with Gasteiger partial charge in [0.25, 0.3) is 5.91 Å². The minimum absolute atomic E-state index is 0.177. The predicted octanol–water partition coefficient (Wildman–Crippen LogP) is 4.95. The van der Waals surface area contributed by atoms with Gasteiger partial charge in [-0.1, -0.05) is 38.4 Å². The van der Waals surface area contributed by atoms with Gasteiger partial charge in [0.05, 0.1) is 17.3 Å². The molecule has 0 aliphatic carbocycles. The zero-order valence-corrected chi connectivity index (χ0v) is 22.0. The van der Waals surface area contributed by atoms with Gasteiger partial charge in [-0.15, -0.1) is 0 Å². The molecule has 188 valence electrons. The number of carbonyl (C=O) groups is 2. The molecule has 9 heteroatoms. The van der Waals surface area contributed by atoms with E-state index >= 15 is 0 Å². The summed E-state index contributed by atoms with van der Waals surface area (Å²) in [4.78, 5) is 29.0. The van der Waals surface area contributed by atoms with Crippen molar-refractivity contribution in [2.24, 2.45) is 5.92 Å². The Bertz CT molecular complexity index is 1050. The summed E-state index contributed by atoms with van der Waals surface area (Å²) in [5.74, 6) is 0.889. The molecule has 1 saturated heterocycles. The first kappa shape index (κ1) is 26.8. The van der Waals surface area contributed by atoms with E-state index in [1.807, 2.05) is 30.0 Å². The van der Waals surface area contributed by atoms with Crippen molar-refractivity contribution in [1.29, 1.82) is 0 Å². The van der Waals surface area contributed by atoms with Crippen molar-refractivity contribution in [1.82, 2.24) is 10.2 Å². The molecule has 0 atom stereocenters. The van der Waals surface area contributed by atoms with Gasteiger partial charge in [0.2, 0.25) is 5.91 Å². The predicted molar refractivity (Wildman–Crippen MR) is 146 cm³/mol. The maximum atomic E-state index is 12.6. The van der Waals surface area contributed by atoms with Gasteiger partial charge in [-0.25, -0.2) is 0 Å². The quantitative estimate of drug-likeness (QED) is 0.484. The van der Waals surface area contributed by atoms with Gasteiger partial charge in [-0.3, -0.25) is 14.9 Å². The van der Waals surface area contributed by atoms with Crippen LogP contribution in [0.25, 0.3) is 0 Å². The average Bonchev–Trinajstić information content (AvgIpc) is 2.82. The number of nitrogens with zero attached hydrogens (tertiary/aromatic N) is 2. The fraction of sp³-hybridized carbons (Fsp3) is 0.423. The number of carbonyl (C=O) groups excluding carboxylic acids is 2. The maximum absolute atomic E-state index is 12.6. The molecule has 1 fully saturated rings. The molecule has 35 heavy (non-hydrogen) atoms. The Kier molecular flexibility index (Phi) is 9.74. The third-order valence-corrected chi connectivity index (χ3v) is 6.06. The standard InChI is InChI=1S/C26H33ClN4O3S/c1-4-14-34-21-7-5-6-19(16-21)25(33)29-26(35)28-20-8-9-23(22(27)17-20)30-10-12-31(13-11-30)24(32)15-18(2)3/h5-9,16-18H,4,10-15H2,1-3H3,(H2,28,29,33,35). The van der Waals surface area contributed by atoms with Crippen LogP contribution in [0.4, 0.5) is 11.4 Å². The molecule has 2 aromatic rings. The van der Waals surface area contributed by atoms with Crippen LogP contribution < -0.4 is 20.3 Å². The van der Waals surface area contributed by atoms with Crippen LogP contribution in [0.3, 0.4) is 0 Å². The molecule has 0 unspecified atom stereocenters. The van der Waals surface area contributed by atoms with E-state index in [1.54, 1.807) is 24.3 Å². The summed E-state index contributed by atoms with van der Waals surface area (Å²) in [6.07, 6.45) is 1.47. The molecule has 2 amide bonds. The van der Waals surface area contributed by atoms with Crippen LogP contribution in [0.1, 0.15) is 44.0 Å². The van der Waals surface area contributed by atoms with Crippen molar-refractivity contribution in [3.8, 4) is 5.75 Å². The number of piperazine rings is 1. The minimum Gasteiger partial charge on any atom is -0.494 e. The molecule has 3 rings (SSSR count). The number of hydrogen-bond acceptors (Lipinski definition) is 5. The van der Waals surface area contributed by atoms with Gasteiger partial charge >= 0.3 is 0 Å². The fourth-order valence-electron chi connectivity index (χ4n) is 3.80. The smallest absolute Gasteiger partial charge is 0.257 e. The highest BCUT2D eigenvalue weighted by molar-refractivity contribution is 7.80. The third-order valence-electron chi connectivity index (χ3n) is 5.56. The van der Waals surface area contributed by atoms with Gasteiger partial charge in [-0.05, 0) is 61.0 Å². The lowest BCUT2D eigenvalue weighted by Gasteiger charge is -2.37. The maximum Gasteiger partial charge on any atom is 0.257 e. The van der Waals surface area contributed by atoms with E-state index in [9.17, 15) is 9.59 Å². The fourth-order valence-corrected chi connectivity index (χ4v) is 4.31. The molecule has 0 aromatic heterocycles. The van der Waals surface area contributed by atoms with E-state index in [-0.39, 0.29) is 16.9 Å².